The second-order valence-corrected chi connectivity index (χ2v) is 7.92. The molecule has 2 fully saturated rings. The number of likely N-dealkylation sites (N-methyl/N-ethyl adjacent to an activating group) is 1. The monoisotopic (exact) mass is 360 g/mol. The van der Waals surface area contributed by atoms with Crippen molar-refractivity contribution in [1.29, 1.82) is 0 Å². The maximum Gasteiger partial charge on any atom is 0.227 e. The number of rotatable bonds is 4. The highest BCUT2D eigenvalue weighted by atomic mass is 16.2. The molecule has 2 saturated heterocycles. The molecule has 3 rings (SSSR count). The minimum absolute atomic E-state index is 0.267. The molecule has 1 amide bonds. The zero-order valence-corrected chi connectivity index (χ0v) is 16.6. The topological polar surface area (TPSA) is 55.8 Å². The molecule has 0 spiro atoms. The highest BCUT2D eigenvalue weighted by molar-refractivity contribution is 5.76. The molecule has 0 N–H and O–H groups in total. The van der Waals surface area contributed by atoms with Gasteiger partial charge in [-0.05, 0) is 19.9 Å². The fourth-order valence-corrected chi connectivity index (χ4v) is 3.51. The number of aromatic nitrogens is 2. The highest BCUT2D eigenvalue weighted by Gasteiger charge is 2.24. The van der Waals surface area contributed by atoms with E-state index in [0.29, 0.717) is 12.3 Å². The summed E-state index contributed by atoms with van der Waals surface area (Å²) < 4.78 is 0. The zero-order valence-electron chi connectivity index (χ0n) is 16.6. The van der Waals surface area contributed by atoms with Crippen LogP contribution in [-0.2, 0) is 4.79 Å². The molecule has 0 aliphatic carbocycles. The van der Waals surface area contributed by atoms with Gasteiger partial charge in [0.15, 0.2) is 0 Å². The van der Waals surface area contributed by atoms with E-state index in [9.17, 15) is 4.79 Å². The summed E-state index contributed by atoms with van der Waals surface area (Å²) in [6.07, 6.45) is 0.633. The van der Waals surface area contributed by atoms with E-state index in [4.69, 9.17) is 4.98 Å². The predicted molar refractivity (Wildman–Crippen MR) is 105 cm³/mol. The Bertz CT molecular complexity index is 618. The number of carbonyl (C=O) groups is 1. The van der Waals surface area contributed by atoms with Crippen molar-refractivity contribution in [3.8, 4) is 0 Å². The Morgan fingerprint density at radius 3 is 2.23 bits per heavy atom. The molecule has 0 radical (unpaired) electrons. The molecule has 0 unspecified atom stereocenters. The molecule has 144 valence electrons. The Kier molecular flexibility index (Phi) is 5.96. The van der Waals surface area contributed by atoms with E-state index in [-0.39, 0.29) is 5.91 Å². The predicted octanol–water partition coefficient (Wildman–Crippen LogP) is 1.23. The van der Waals surface area contributed by atoms with Gasteiger partial charge in [0.1, 0.15) is 5.82 Å². The van der Waals surface area contributed by atoms with Crippen LogP contribution in [0.15, 0.2) is 6.07 Å². The molecular formula is C19H32N6O. The molecule has 7 heteroatoms. The van der Waals surface area contributed by atoms with Crippen LogP contribution in [0.4, 0.5) is 11.8 Å². The first-order chi connectivity index (χ1) is 12.4. The van der Waals surface area contributed by atoms with E-state index >= 15 is 0 Å². The first-order valence-electron chi connectivity index (χ1n) is 9.74. The van der Waals surface area contributed by atoms with Crippen molar-refractivity contribution in [2.24, 2.45) is 5.92 Å². The van der Waals surface area contributed by atoms with Gasteiger partial charge < -0.3 is 19.6 Å². The number of amides is 1. The largest absolute Gasteiger partial charge is 0.354 e. The van der Waals surface area contributed by atoms with Crippen LogP contribution in [0.1, 0.15) is 26.0 Å². The van der Waals surface area contributed by atoms with Crippen LogP contribution in [0.2, 0.25) is 0 Å². The van der Waals surface area contributed by atoms with E-state index < -0.39 is 0 Å². The lowest BCUT2D eigenvalue weighted by Gasteiger charge is -2.36. The first-order valence-corrected chi connectivity index (χ1v) is 9.74. The zero-order chi connectivity index (χ0) is 18.7. The van der Waals surface area contributed by atoms with Crippen molar-refractivity contribution in [3.63, 3.8) is 0 Å². The standard InChI is InChI=1S/C19H32N6O/c1-15(2)13-18(26)24-9-11-25(12-10-24)19-20-16(3)14-17(21-19)23-7-5-22(4)6-8-23/h14-15H,5-13H2,1-4H3. The van der Waals surface area contributed by atoms with Gasteiger partial charge in [-0.25, -0.2) is 4.98 Å². The number of nitrogens with zero attached hydrogens (tertiary/aromatic N) is 6. The smallest absolute Gasteiger partial charge is 0.227 e. The van der Waals surface area contributed by atoms with Crippen LogP contribution in [0.3, 0.4) is 0 Å². The van der Waals surface area contributed by atoms with E-state index in [1.54, 1.807) is 0 Å². The molecule has 0 saturated carbocycles. The molecule has 3 heterocycles. The van der Waals surface area contributed by atoms with Gasteiger partial charge in [-0.2, -0.15) is 4.98 Å². The summed E-state index contributed by atoms with van der Waals surface area (Å²) in [5.41, 5.74) is 1.00. The molecule has 7 nitrogen and oxygen atoms in total. The Morgan fingerprint density at radius 1 is 1.00 bits per heavy atom. The summed E-state index contributed by atoms with van der Waals surface area (Å²) in [5, 5.41) is 0. The van der Waals surface area contributed by atoms with Crippen LogP contribution >= 0.6 is 0 Å². The van der Waals surface area contributed by atoms with E-state index in [1.165, 1.54) is 0 Å². The van der Waals surface area contributed by atoms with Gasteiger partial charge in [-0.3, -0.25) is 4.79 Å². The van der Waals surface area contributed by atoms with Crippen LogP contribution in [-0.4, -0.2) is 85.1 Å². The van der Waals surface area contributed by atoms with Crippen molar-refractivity contribution < 1.29 is 4.79 Å². The minimum Gasteiger partial charge on any atom is -0.354 e. The summed E-state index contributed by atoms with van der Waals surface area (Å²) in [6, 6.07) is 2.08. The lowest BCUT2D eigenvalue weighted by Crippen LogP contribution is -2.49. The van der Waals surface area contributed by atoms with Gasteiger partial charge in [0.25, 0.3) is 0 Å². The third kappa shape index (κ3) is 4.63. The molecule has 26 heavy (non-hydrogen) atoms. The molecule has 0 atom stereocenters. The summed E-state index contributed by atoms with van der Waals surface area (Å²) in [4.78, 5) is 30.6. The average Bonchev–Trinajstić information content (AvgIpc) is 2.61. The van der Waals surface area contributed by atoms with Crippen molar-refractivity contribution in [3.05, 3.63) is 11.8 Å². The van der Waals surface area contributed by atoms with Crippen LogP contribution < -0.4 is 9.80 Å². The Balaban J connectivity index is 1.64. The minimum atomic E-state index is 0.267. The van der Waals surface area contributed by atoms with Crippen LogP contribution in [0.5, 0.6) is 0 Å². The molecule has 1 aromatic heterocycles. The van der Waals surface area contributed by atoms with Crippen LogP contribution in [0.25, 0.3) is 0 Å². The molecular weight excluding hydrogens is 328 g/mol. The van der Waals surface area contributed by atoms with E-state index in [2.05, 4.69) is 46.6 Å². The number of hydrogen-bond acceptors (Lipinski definition) is 6. The van der Waals surface area contributed by atoms with Gasteiger partial charge in [0.05, 0.1) is 0 Å². The fourth-order valence-electron chi connectivity index (χ4n) is 3.51. The number of carbonyl (C=O) groups excluding carboxylic acids is 1. The maximum atomic E-state index is 12.3. The van der Waals surface area contributed by atoms with Crippen molar-refractivity contribution in [2.75, 3.05) is 69.2 Å². The second kappa shape index (κ2) is 8.20. The van der Waals surface area contributed by atoms with Crippen molar-refractivity contribution in [2.45, 2.75) is 27.2 Å². The summed E-state index contributed by atoms with van der Waals surface area (Å²) in [6.45, 7) is 13.5. The van der Waals surface area contributed by atoms with Gasteiger partial charge in [-0.1, -0.05) is 13.8 Å². The van der Waals surface area contributed by atoms with E-state index in [1.807, 2.05) is 11.8 Å². The maximum absolute atomic E-state index is 12.3. The molecule has 0 aromatic carbocycles. The summed E-state index contributed by atoms with van der Waals surface area (Å²) in [7, 11) is 2.16. The Hall–Kier alpha value is -1.89. The van der Waals surface area contributed by atoms with Gasteiger partial charge >= 0.3 is 0 Å². The lowest BCUT2D eigenvalue weighted by molar-refractivity contribution is -0.132. The fraction of sp³-hybridized carbons (Fsp3) is 0.737. The Morgan fingerprint density at radius 2 is 1.62 bits per heavy atom. The van der Waals surface area contributed by atoms with Gasteiger partial charge in [-0.15, -0.1) is 0 Å². The third-order valence-corrected chi connectivity index (χ3v) is 5.15. The quantitative estimate of drug-likeness (QED) is 0.805. The van der Waals surface area contributed by atoms with Gasteiger partial charge in [0.2, 0.25) is 11.9 Å². The summed E-state index contributed by atoms with van der Waals surface area (Å²) >= 11 is 0. The SMILES string of the molecule is Cc1cc(N2CCN(C)CC2)nc(N2CCN(C(=O)CC(C)C)CC2)n1. The van der Waals surface area contributed by atoms with Crippen LogP contribution in [0, 0.1) is 12.8 Å². The van der Waals surface area contributed by atoms with E-state index in [0.717, 1.165) is 69.8 Å². The normalized spacial score (nSPS) is 19.3. The van der Waals surface area contributed by atoms with Gasteiger partial charge in [0, 0.05) is 70.5 Å². The highest BCUT2D eigenvalue weighted by Crippen LogP contribution is 2.20. The molecule has 2 aliphatic rings. The number of aryl methyl sites for hydroxylation is 1. The average molecular weight is 361 g/mol. The molecule has 0 bridgehead atoms. The summed E-state index contributed by atoms with van der Waals surface area (Å²) in [5.74, 6) is 2.50. The third-order valence-electron chi connectivity index (χ3n) is 5.15. The van der Waals surface area contributed by atoms with Crippen molar-refractivity contribution >= 4 is 17.7 Å². The van der Waals surface area contributed by atoms with Crippen molar-refractivity contribution in [1.82, 2.24) is 19.8 Å². The molecule has 1 aromatic rings. The second-order valence-electron chi connectivity index (χ2n) is 7.92. The number of hydrogen-bond donors (Lipinski definition) is 0. The number of anilines is 2. The first kappa shape index (κ1) is 18.9. The lowest BCUT2D eigenvalue weighted by atomic mass is 10.1. The Labute approximate surface area is 157 Å². The number of piperazine rings is 2. The molecule has 2 aliphatic heterocycles.